The van der Waals surface area contributed by atoms with Gasteiger partial charge in [-0.3, -0.25) is 4.79 Å². The lowest BCUT2D eigenvalue weighted by molar-refractivity contribution is 0.0945. The van der Waals surface area contributed by atoms with E-state index in [2.05, 4.69) is 20.3 Å². The normalized spacial score (nSPS) is 12.4. The molecule has 2 aromatic heterocycles. The Balaban J connectivity index is 1.95. The third-order valence-electron chi connectivity index (χ3n) is 2.12. The summed E-state index contributed by atoms with van der Waals surface area (Å²) < 4.78 is 0. The Morgan fingerprint density at radius 3 is 3.12 bits per heavy atom. The summed E-state index contributed by atoms with van der Waals surface area (Å²) >= 11 is 1.39. The van der Waals surface area contributed by atoms with Gasteiger partial charge >= 0.3 is 0 Å². The molecule has 0 aliphatic carbocycles. The van der Waals surface area contributed by atoms with Gasteiger partial charge in [-0.25, -0.2) is 9.97 Å². The van der Waals surface area contributed by atoms with Crippen molar-refractivity contribution in [3.05, 3.63) is 34.3 Å². The lowest BCUT2D eigenvalue weighted by Crippen LogP contribution is -2.23. The smallest absolute Gasteiger partial charge is 0.271 e. The van der Waals surface area contributed by atoms with E-state index in [-0.39, 0.29) is 11.9 Å². The molecule has 0 fully saturated rings. The van der Waals surface area contributed by atoms with Gasteiger partial charge < -0.3 is 16.0 Å². The Labute approximate surface area is 102 Å². The summed E-state index contributed by atoms with van der Waals surface area (Å²) in [5.41, 5.74) is 6.08. The number of amides is 1. The van der Waals surface area contributed by atoms with E-state index in [1.807, 2.05) is 6.92 Å². The first-order valence-electron chi connectivity index (χ1n) is 5.14. The van der Waals surface area contributed by atoms with E-state index in [0.717, 1.165) is 5.01 Å². The van der Waals surface area contributed by atoms with Crippen molar-refractivity contribution in [3.63, 3.8) is 0 Å². The topological polar surface area (TPSA) is 96.7 Å². The SMILES string of the molecule is CC(N)c1nc(C(=O)NCc2ncc[nH]2)cs1. The van der Waals surface area contributed by atoms with Gasteiger partial charge in [0.15, 0.2) is 0 Å². The van der Waals surface area contributed by atoms with Gasteiger partial charge in [-0.15, -0.1) is 11.3 Å². The number of hydrogen-bond donors (Lipinski definition) is 3. The Bertz CT molecular complexity index is 491. The molecule has 1 unspecified atom stereocenters. The molecule has 0 aromatic carbocycles. The lowest BCUT2D eigenvalue weighted by Gasteiger charge is -2.00. The predicted molar refractivity (Wildman–Crippen MR) is 64.5 cm³/mol. The lowest BCUT2D eigenvalue weighted by atomic mass is 10.4. The molecule has 2 heterocycles. The quantitative estimate of drug-likeness (QED) is 0.749. The second-order valence-electron chi connectivity index (χ2n) is 3.58. The van der Waals surface area contributed by atoms with Crippen LogP contribution in [0.4, 0.5) is 0 Å². The van der Waals surface area contributed by atoms with Gasteiger partial charge in [-0.2, -0.15) is 0 Å². The van der Waals surface area contributed by atoms with E-state index in [9.17, 15) is 4.79 Å². The van der Waals surface area contributed by atoms with E-state index in [0.29, 0.717) is 18.1 Å². The summed E-state index contributed by atoms with van der Waals surface area (Å²) in [5, 5.41) is 5.19. The van der Waals surface area contributed by atoms with E-state index >= 15 is 0 Å². The van der Waals surface area contributed by atoms with Crippen LogP contribution in [0, 0.1) is 0 Å². The molecule has 90 valence electrons. The Hall–Kier alpha value is -1.73. The maximum atomic E-state index is 11.7. The number of rotatable bonds is 4. The van der Waals surface area contributed by atoms with Crippen LogP contribution in [-0.2, 0) is 6.54 Å². The van der Waals surface area contributed by atoms with Crippen molar-refractivity contribution in [2.45, 2.75) is 19.5 Å². The number of nitrogens with zero attached hydrogens (tertiary/aromatic N) is 2. The number of imidazole rings is 1. The highest BCUT2D eigenvalue weighted by molar-refractivity contribution is 7.09. The van der Waals surface area contributed by atoms with Crippen LogP contribution in [0.2, 0.25) is 0 Å². The monoisotopic (exact) mass is 251 g/mol. The van der Waals surface area contributed by atoms with Crippen LogP contribution in [0.15, 0.2) is 17.8 Å². The molecule has 1 atom stereocenters. The van der Waals surface area contributed by atoms with Crippen molar-refractivity contribution in [2.75, 3.05) is 0 Å². The minimum atomic E-state index is -0.218. The zero-order chi connectivity index (χ0) is 12.3. The van der Waals surface area contributed by atoms with Crippen LogP contribution in [0.1, 0.15) is 34.3 Å². The number of hydrogen-bond acceptors (Lipinski definition) is 5. The number of carbonyl (C=O) groups is 1. The van der Waals surface area contributed by atoms with Crippen molar-refractivity contribution >= 4 is 17.2 Å². The second-order valence-corrected chi connectivity index (χ2v) is 4.47. The fourth-order valence-electron chi connectivity index (χ4n) is 1.25. The molecule has 2 aromatic rings. The van der Waals surface area contributed by atoms with Gasteiger partial charge in [0.25, 0.3) is 5.91 Å². The average Bonchev–Trinajstić information content (AvgIpc) is 2.96. The highest BCUT2D eigenvalue weighted by atomic mass is 32.1. The van der Waals surface area contributed by atoms with Crippen molar-refractivity contribution < 1.29 is 4.79 Å². The third kappa shape index (κ3) is 2.89. The first-order chi connectivity index (χ1) is 8.16. The number of carbonyl (C=O) groups excluding carboxylic acids is 1. The van der Waals surface area contributed by atoms with Crippen molar-refractivity contribution in [1.29, 1.82) is 0 Å². The molecular formula is C10H13N5OS. The third-order valence-corrected chi connectivity index (χ3v) is 3.16. The summed E-state index contributed by atoms with van der Waals surface area (Å²) in [6, 6.07) is -0.147. The zero-order valence-electron chi connectivity index (χ0n) is 9.30. The second kappa shape index (κ2) is 5.07. The summed E-state index contributed by atoms with van der Waals surface area (Å²) in [6.45, 7) is 2.19. The maximum absolute atomic E-state index is 11.7. The fraction of sp³-hybridized carbons (Fsp3) is 0.300. The van der Waals surface area contributed by atoms with Crippen molar-refractivity contribution in [1.82, 2.24) is 20.3 Å². The van der Waals surface area contributed by atoms with Gasteiger partial charge in [0, 0.05) is 17.8 Å². The Morgan fingerprint density at radius 1 is 1.71 bits per heavy atom. The first-order valence-corrected chi connectivity index (χ1v) is 6.02. The number of nitrogens with two attached hydrogens (primary N) is 1. The molecule has 0 radical (unpaired) electrons. The highest BCUT2D eigenvalue weighted by Crippen LogP contribution is 2.15. The summed E-state index contributed by atoms with van der Waals surface area (Å²) in [5.74, 6) is 0.491. The Kier molecular flexibility index (Phi) is 3.50. The van der Waals surface area contributed by atoms with Gasteiger partial charge in [-0.05, 0) is 6.92 Å². The molecule has 0 saturated carbocycles. The van der Waals surface area contributed by atoms with E-state index in [1.54, 1.807) is 17.8 Å². The summed E-state index contributed by atoms with van der Waals surface area (Å²) in [6.07, 6.45) is 3.34. The number of aromatic amines is 1. The van der Waals surface area contributed by atoms with Crippen LogP contribution in [-0.4, -0.2) is 20.9 Å². The number of thiazole rings is 1. The molecule has 6 nitrogen and oxygen atoms in total. The average molecular weight is 251 g/mol. The molecule has 2 rings (SSSR count). The number of aromatic nitrogens is 3. The van der Waals surface area contributed by atoms with E-state index < -0.39 is 0 Å². The molecular weight excluding hydrogens is 238 g/mol. The largest absolute Gasteiger partial charge is 0.347 e. The van der Waals surface area contributed by atoms with E-state index in [1.165, 1.54) is 11.3 Å². The standard InChI is InChI=1S/C10H13N5OS/c1-6(11)10-15-7(5-17-10)9(16)14-4-8-12-2-3-13-8/h2-3,5-6H,4,11H2,1H3,(H,12,13)(H,14,16). The Morgan fingerprint density at radius 2 is 2.53 bits per heavy atom. The zero-order valence-corrected chi connectivity index (χ0v) is 10.1. The molecule has 1 amide bonds. The summed E-state index contributed by atoms with van der Waals surface area (Å²) in [4.78, 5) is 22.8. The molecule has 0 aliphatic heterocycles. The number of H-pyrrole nitrogens is 1. The number of nitrogens with one attached hydrogen (secondary N) is 2. The minimum Gasteiger partial charge on any atom is -0.347 e. The van der Waals surface area contributed by atoms with Crippen LogP contribution in [0.25, 0.3) is 0 Å². The minimum absolute atomic E-state index is 0.147. The molecule has 7 heteroatoms. The maximum Gasteiger partial charge on any atom is 0.271 e. The molecule has 0 spiro atoms. The predicted octanol–water partition coefficient (Wildman–Crippen LogP) is 0.816. The van der Waals surface area contributed by atoms with Gasteiger partial charge in [0.05, 0.1) is 12.6 Å². The first kappa shape index (κ1) is 11.7. The summed E-state index contributed by atoms with van der Waals surface area (Å²) in [7, 11) is 0. The van der Waals surface area contributed by atoms with Crippen molar-refractivity contribution in [2.24, 2.45) is 5.73 Å². The molecule has 0 saturated heterocycles. The molecule has 0 aliphatic rings. The highest BCUT2D eigenvalue weighted by Gasteiger charge is 2.12. The van der Waals surface area contributed by atoms with Gasteiger partial charge in [0.1, 0.15) is 16.5 Å². The van der Waals surface area contributed by atoms with Gasteiger partial charge in [-0.1, -0.05) is 0 Å². The molecule has 0 bridgehead atoms. The fourth-order valence-corrected chi connectivity index (χ4v) is 2.01. The van der Waals surface area contributed by atoms with Crippen LogP contribution in [0.5, 0.6) is 0 Å². The van der Waals surface area contributed by atoms with Crippen LogP contribution in [0.3, 0.4) is 0 Å². The molecule has 4 N–H and O–H groups in total. The van der Waals surface area contributed by atoms with Crippen LogP contribution < -0.4 is 11.1 Å². The van der Waals surface area contributed by atoms with Crippen LogP contribution >= 0.6 is 11.3 Å². The van der Waals surface area contributed by atoms with Crippen molar-refractivity contribution in [3.8, 4) is 0 Å². The van der Waals surface area contributed by atoms with E-state index in [4.69, 9.17) is 5.73 Å². The molecule has 17 heavy (non-hydrogen) atoms. The van der Waals surface area contributed by atoms with Gasteiger partial charge in [0.2, 0.25) is 0 Å².